The SMILES string of the molecule is CC1CCC(OC2CCNC2)CC1. The van der Waals surface area contributed by atoms with Crippen LogP contribution in [0.1, 0.15) is 39.0 Å². The lowest BCUT2D eigenvalue weighted by Crippen LogP contribution is -2.27. The van der Waals surface area contributed by atoms with E-state index in [4.69, 9.17) is 4.74 Å². The fourth-order valence-corrected chi connectivity index (χ4v) is 2.38. The monoisotopic (exact) mass is 183 g/mol. The zero-order valence-electron chi connectivity index (χ0n) is 8.59. The van der Waals surface area contributed by atoms with Gasteiger partial charge in [-0.15, -0.1) is 0 Å². The molecule has 2 nitrogen and oxygen atoms in total. The first-order valence-electron chi connectivity index (χ1n) is 5.71. The highest BCUT2D eigenvalue weighted by Crippen LogP contribution is 2.26. The van der Waals surface area contributed by atoms with Crippen molar-refractivity contribution in [3.05, 3.63) is 0 Å². The third kappa shape index (κ3) is 2.68. The zero-order valence-corrected chi connectivity index (χ0v) is 8.59. The van der Waals surface area contributed by atoms with E-state index in [0.29, 0.717) is 12.2 Å². The zero-order chi connectivity index (χ0) is 9.10. The van der Waals surface area contributed by atoms with Crippen molar-refractivity contribution < 1.29 is 4.74 Å². The van der Waals surface area contributed by atoms with Crippen molar-refractivity contribution in [3.63, 3.8) is 0 Å². The van der Waals surface area contributed by atoms with Crippen molar-refractivity contribution in [3.8, 4) is 0 Å². The highest BCUT2D eigenvalue weighted by atomic mass is 16.5. The van der Waals surface area contributed by atoms with Crippen LogP contribution in [0.25, 0.3) is 0 Å². The minimum Gasteiger partial charge on any atom is -0.374 e. The Balaban J connectivity index is 1.69. The van der Waals surface area contributed by atoms with Crippen LogP contribution in [0.15, 0.2) is 0 Å². The lowest BCUT2D eigenvalue weighted by Gasteiger charge is -2.28. The highest BCUT2D eigenvalue weighted by molar-refractivity contribution is 4.76. The first kappa shape index (κ1) is 9.47. The first-order valence-corrected chi connectivity index (χ1v) is 5.71. The van der Waals surface area contributed by atoms with Crippen LogP contribution in [-0.2, 0) is 4.74 Å². The molecule has 1 saturated carbocycles. The Morgan fingerprint density at radius 1 is 1.00 bits per heavy atom. The molecule has 0 amide bonds. The maximum atomic E-state index is 6.04. The van der Waals surface area contributed by atoms with E-state index in [2.05, 4.69) is 12.2 Å². The maximum absolute atomic E-state index is 6.04. The molecule has 0 aromatic heterocycles. The molecule has 1 aliphatic carbocycles. The van der Waals surface area contributed by atoms with Gasteiger partial charge in [-0.3, -0.25) is 0 Å². The van der Waals surface area contributed by atoms with E-state index in [1.807, 2.05) is 0 Å². The van der Waals surface area contributed by atoms with Crippen LogP contribution >= 0.6 is 0 Å². The first-order chi connectivity index (χ1) is 6.34. The molecule has 1 heterocycles. The molecule has 0 radical (unpaired) electrons. The second-order valence-electron chi connectivity index (χ2n) is 4.63. The molecule has 76 valence electrons. The second kappa shape index (κ2) is 4.43. The third-order valence-electron chi connectivity index (χ3n) is 3.36. The minimum absolute atomic E-state index is 0.512. The van der Waals surface area contributed by atoms with Crippen molar-refractivity contribution in [2.75, 3.05) is 13.1 Å². The molecule has 1 saturated heterocycles. The van der Waals surface area contributed by atoms with Gasteiger partial charge in [0.05, 0.1) is 12.2 Å². The number of hydrogen-bond acceptors (Lipinski definition) is 2. The van der Waals surface area contributed by atoms with E-state index in [0.717, 1.165) is 19.0 Å². The molecule has 2 fully saturated rings. The minimum atomic E-state index is 0.512. The van der Waals surface area contributed by atoms with E-state index in [9.17, 15) is 0 Å². The average molecular weight is 183 g/mol. The number of ether oxygens (including phenoxy) is 1. The fourth-order valence-electron chi connectivity index (χ4n) is 2.38. The Hall–Kier alpha value is -0.0800. The predicted octanol–water partition coefficient (Wildman–Crippen LogP) is 1.94. The molecule has 1 N–H and O–H groups in total. The molecule has 1 atom stereocenters. The van der Waals surface area contributed by atoms with Gasteiger partial charge < -0.3 is 10.1 Å². The van der Waals surface area contributed by atoms with Crippen LogP contribution in [0.5, 0.6) is 0 Å². The van der Waals surface area contributed by atoms with Crippen LogP contribution < -0.4 is 5.32 Å². The summed E-state index contributed by atoms with van der Waals surface area (Å²) >= 11 is 0. The van der Waals surface area contributed by atoms with E-state index < -0.39 is 0 Å². The highest BCUT2D eigenvalue weighted by Gasteiger charge is 2.23. The largest absolute Gasteiger partial charge is 0.374 e. The summed E-state index contributed by atoms with van der Waals surface area (Å²) in [6.07, 6.45) is 7.61. The molecule has 2 aliphatic rings. The summed E-state index contributed by atoms with van der Waals surface area (Å²) in [4.78, 5) is 0. The number of hydrogen-bond donors (Lipinski definition) is 1. The molecule has 0 aromatic rings. The van der Waals surface area contributed by atoms with Crippen molar-refractivity contribution >= 4 is 0 Å². The van der Waals surface area contributed by atoms with Crippen molar-refractivity contribution in [1.82, 2.24) is 5.32 Å². The molecule has 0 aromatic carbocycles. The van der Waals surface area contributed by atoms with Gasteiger partial charge >= 0.3 is 0 Å². The second-order valence-corrected chi connectivity index (χ2v) is 4.63. The predicted molar refractivity (Wildman–Crippen MR) is 53.8 cm³/mol. The van der Waals surface area contributed by atoms with Crippen molar-refractivity contribution in [2.45, 2.75) is 51.2 Å². The summed E-state index contributed by atoms with van der Waals surface area (Å²) in [5.74, 6) is 0.932. The molecular formula is C11H21NO. The molecule has 2 heteroatoms. The summed E-state index contributed by atoms with van der Waals surface area (Å²) in [5.41, 5.74) is 0. The maximum Gasteiger partial charge on any atom is 0.0715 e. The number of nitrogens with one attached hydrogen (secondary N) is 1. The Morgan fingerprint density at radius 3 is 2.38 bits per heavy atom. The van der Waals surface area contributed by atoms with E-state index in [-0.39, 0.29) is 0 Å². The Morgan fingerprint density at radius 2 is 1.77 bits per heavy atom. The standard InChI is InChI=1S/C11H21NO/c1-9-2-4-10(5-3-9)13-11-6-7-12-8-11/h9-12H,2-8H2,1H3. The molecule has 0 bridgehead atoms. The van der Waals surface area contributed by atoms with Crippen molar-refractivity contribution in [1.29, 1.82) is 0 Å². The van der Waals surface area contributed by atoms with Gasteiger partial charge in [-0.1, -0.05) is 6.92 Å². The summed E-state index contributed by atoms with van der Waals surface area (Å²) in [7, 11) is 0. The molecule has 1 aliphatic heterocycles. The molecule has 0 spiro atoms. The third-order valence-corrected chi connectivity index (χ3v) is 3.36. The Kier molecular flexibility index (Phi) is 3.23. The van der Waals surface area contributed by atoms with Gasteiger partial charge in [0.15, 0.2) is 0 Å². The summed E-state index contributed by atoms with van der Waals surface area (Å²) in [6, 6.07) is 0. The van der Waals surface area contributed by atoms with Gasteiger partial charge in [0, 0.05) is 6.54 Å². The van der Waals surface area contributed by atoms with Crippen LogP contribution in [-0.4, -0.2) is 25.3 Å². The van der Waals surface area contributed by atoms with Crippen molar-refractivity contribution in [2.24, 2.45) is 5.92 Å². The summed E-state index contributed by atoms with van der Waals surface area (Å²) in [5, 5.41) is 3.35. The van der Waals surface area contributed by atoms with E-state index in [1.165, 1.54) is 32.1 Å². The van der Waals surface area contributed by atoms with Crippen LogP contribution in [0, 0.1) is 5.92 Å². The fraction of sp³-hybridized carbons (Fsp3) is 1.00. The lowest BCUT2D eigenvalue weighted by atomic mass is 9.89. The van der Waals surface area contributed by atoms with Gasteiger partial charge in [0.2, 0.25) is 0 Å². The van der Waals surface area contributed by atoms with Crippen LogP contribution in [0.3, 0.4) is 0 Å². The van der Waals surface area contributed by atoms with Crippen LogP contribution in [0.4, 0.5) is 0 Å². The van der Waals surface area contributed by atoms with Gasteiger partial charge in [0.1, 0.15) is 0 Å². The summed E-state index contributed by atoms with van der Waals surface area (Å²) in [6.45, 7) is 4.58. The smallest absolute Gasteiger partial charge is 0.0715 e. The van der Waals surface area contributed by atoms with Gasteiger partial charge in [0.25, 0.3) is 0 Å². The van der Waals surface area contributed by atoms with E-state index >= 15 is 0 Å². The lowest BCUT2D eigenvalue weighted by molar-refractivity contribution is -0.0258. The molecule has 2 rings (SSSR count). The summed E-state index contributed by atoms with van der Waals surface area (Å²) < 4.78 is 6.04. The molecule has 13 heavy (non-hydrogen) atoms. The normalized spacial score (nSPS) is 40.8. The van der Waals surface area contributed by atoms with Crippen LogP contribution in [0.2, 0.25) is 0 Å². The Labute approximate surface area is 81.0 Å². The Bertz CT molecular complexity index is 146. The number of rotatable bonds is 2. The average Bonchev–Trinajstić information content (AvgIpc) is 2.62. The molecule has 1 unspecified atom stereocenters. The van der Waals surface area contributed by atoms with Gasteiger partial charge in [-0.2, -0.15) is 0 Å². The molecular weight excluding hydrogens is 162 g/mol. The topological polar surface area (TPSA) is 21.3 Å². The van der Waals surface area contributed by atoms with E-state index in [1.54, 1.807) is 0 Å². The quantitative estimate of drug-likeness (QED) is 0.706. The van der Waals surface area contributed by atoms with Gasteiger partial charge in [-0.05, 0) is 44.6 Å². The van der Waals surface area contributed by atoms with Gasteiger partial charge in [-0.25, -0.2) is 0 Å².